The van der Waals surface area contributed by atoms with Crippen LogP contribution in [-0.4, -0.2) is 26.2 Å². The molecule has 1 N–H and O–H groups in total. The van der Waals surface area contributed by atoms with Gasteiger partial charge in [-0.1, -0.05) is 12.1 Å². The Bertz CT molecular complexity index is 977. The Morgan fingerprint density at radius 2 is 2.00 bits per heavy atom. The number of carbonyl (C=O) groups excluding carboxylic acids is 1. The zero-order chi connectivity index (χ0) is 17.5. The predicted molar refractivity (Wildman–Crippen MR) is 92.2 cm³/mol. The summed E-state index contributed by atoms with van der Waals surface area (Å²) in [5, 5.41) is 0.852. The average molecular weight is 325 g/mol. The van der Waals surface area contributed by atoms with Gasteiger partial charge in [-0.25, -0.2) is 14.3 Å². The van der Waals surface area contributed by atoms with Gasteiger partial charge in [-0.15, -0.1) is 0 Å². The molecule has 2 heterocycles. The standard InChI is InChI=1S/C18H19N3O3/c1-11-5-6-12-8-15(13-9-19-10-20-16(13)22)21(14(12)7-11)17(23)24-18(2,3)4/h5-10H,1-4H3,(H,19,20,22). The molecule has 0 spiro atoms. The molecular formula is C18H19N3O3. The lowest BCUT2D eigenvalue weighted by Crippen LogP contribution is -2.28. The molecule has 6 heteroatoms. The van der Waals surface area contributed by atoms with Crippen molar-refractivity contribution >= 4 is 17.0 Å². The molecule has 2 aromatic heterocycles. The van der Waals surface area contributed by atoms with E-state index >= 15 is 0 Å². The van der Waals surface area contributed by atoms with E-state index in [9.17, 15) is 9.59 Å². The number of ether oxygens (including phenoxy) is 1. The van der Waals surface area contributed by atoms with Crippen LogP contribution in [0.2, 0.25) is 0 Å². The number of fused-ring (bicyclic) bond motifs is 1. The van der Waals surface area contributed by atoms with E-state index < -0.39 is 11.7 Å². The predicted octanol–water partition coefficient (Wildman–Crippen LogP) is 3.48. The van der Waals surface area contributed by atoms with Crippen molar-refractivity contribution in [2.24, 2.45) is 0 Å². The van der Waals surface area contributed by atoms with Crippen molar-refractivity contribution in [2.75, 3.05) is 0 Å². The molecule has 0 saturated carbocycles. The van der Waals surface area contributed by atoms with Crippen LogP contribution in [0.25, 0.3) is 22.2 Å². The molecule has 0 aliphatic carbocycles. The SMILES string of the molecule is Cc1ccc2cc(-c3cnc[nH]c3=O)n(C(=O)OC(C)(C)C)c2c1. The fraction of sp³-hybridized carbons (Fsp3) is 0.278. The third-order valence-electron chi connectivity index (χ3n) is 3.53. The first-order chi connectivity index (χ1) is 11.3. The van der Waals surface area contributed by atoms with Crippen LogP contribution in [0.3, 0.4) is 0 Å². The molecule has 0 aliphatic heterocycles. The van der Waals surface area contributed by atoms with E-state index in [1.54, 1.807) is 26.8 Å². The highest BCUT2D eigenvalue weighted by Gasteiger charge is 2.23. The number of nitrogens with one attached hydrogen (secondary N) is 1. The van der Waals surface area contributed by atoms with Crippen molar-refractivity contribution in [3.63, 3.8) is 0 Å². The molecule has 3 rings (SSSR count). The number of aromatic nitrogens is 3. The lowest BCUT2D eigenvalue weighted by Gasteiger charge is -2.21. The van der Waals surface area contributed by atoms with Crippen LogP contribution in [-0.2, 0) is 4.74 Å². The molecule has 0 aliphatic rings. The largest absolute Gasteiger partial charge is 0.443 e. The summed E-state index contributed by atoms with van der Waals surface area (Å²) in [5.41, 5.74) is 1.53. The molecule has 124 valence electrons. The fourth-order valence-electron chi connectivity index (χ4n) is 2.54. The van der Waals surface area contributed by atoms with Gasteiger partial charge in [-0.3, -0.25) is 4.79 Å². The molecule has 0 saturated heterocycles. The number of carbonyl (C=O) groups is 1. The lowest BCUT2D eigenvalue weighted by atomic mass is 10.2. The third-order valence-corrected chi connectivity index (χ3v) is 3.53. The average Bonchev–Trinajstić information content (AvgIpc) is 2.84. The van der Waals surface area contributed by atoms with Crippen molar-refractivity contribution in [1.82, 2.24) is 14.5 Å². The minimum atomic E-state index is -0.643. The number of rotatable bonds is 1. The summed E-state index contributed by atoms with van der Waals surface area (Å²) in [6, 6.07) is 7.57. The van der Waals surface area contributed by atoms with Crippen molar-refractivity contribution in [3.8, 4) is 11.3 Å². The molecule has 0 amide bonds. The number of aryl methyl sites for hydroxylation is 1. The van der Waals surface area contributed by atoms with Crippen LogP contribution in [0.1, 0.15) is 26.3 Å². The second-order valence-corrected chi connectivity index (χ2v) is 6.70. The van der Waals surface area contributed by atoms with Crippen molar-refractivity contribution in [2.45, 2.75) is 33.3 Å². The molecule has 0 radical (unpaired) electrons. The van der Waals surface area contributed by atoms with Gasteiger partial charge >= 0.3 is 6.09 Å². The minimum absolute atomic E-state index is 0.311. The van der Waals surface area contributed by atoms with Crippen LogP contribution >= 0.6 is 0 Å². The van der Waals surface area contributed by atoms with Gasteiger partial charge in [0.15, 0.2) is 0 Å². The summed E-state index contributed by atoms with van der Waals surface area (Å²) in [4.78, 5) is 31.4. The van der Waals surface area contributed by atoms with Crippen LogP contribution in [0.4, 0.5) is 4.79 Å². The van der Waals surface area contributed by atoms with Crippen LogP contribution in [0, 0.1) is 6.92 Å². The summed E-state index contributed by atoms with van der Waals surface area (Å²) in [6.45, 7) is 7.36. The highest BCUT2D eigenvalue weighted by Crippen LogP contribution is 2.28. The third kappa shape index (κ3) is 2.95. The summed E-state index contributed by atoms with van der Waals surface area (Å²) in [7, 11) is 0. The van der Waals surface area contributed by atoms with Crippen molar-refractivity contribution < 1.29 is 9.53 Å². The van der Waals surface area contributed by atoms with E-state index in [1.165, 1.54) is 17.1 Å². The normalized spacial score (nSPS) is 11.7. The molecule has 6 nitrogen and oxygen atoms in total. The maximum Gasteiger partial charge on any atom is 0.419 e. The van der Waals surface area contributed by atoms with Gasteiger partial charge in [0, 0.05) is 11.6 Å². The monoisotopic (exact) mass is 325 g/mol. The van der Waals surface area contributed by atoms with Gasteiger partial charge in [0.05, 0.1) is 23.1 Å². The van der Waals surface area contributed by atoms with E-state index in [-0.39, 0.29) is 5.56 Å². The number of nitrogens with zero attached hydrogens (tertiary/aromatic N) is 2. The minimum Gasteiger partial charge on any atom is -0.443 e. The first-order valence-corrected chi connectivity index (χ1v) is 7.65. The lowest BCUT2D eigenvalue weighted by molar-refractivity contribution is 0.0547. The molecular weight excluding hydrogens is 306 g/mol. The maximum absolute atomic E-state index is 12.8. The van der Waals surface area contributed by atoms with Gasteiger partial charge in [0.25, 0.3) is 5.56 Å². The molecule has 1 aromatic carbocycles. The Balaban J connectivity index is 2.29. The van der Waals surface area contributed by atoms with Gasteiger partial charge in [0.1, 0.15) is 5.60 Å². The van der Waals surface area contributed by atoms with Gasteiger partial charge < -0.3 is 9.72 Å². The quantitative estimate of drug-likeness (QED) is 0.743. The second kappa shape index (κ2) is 5.63. The molecule has 0 fully saturated rings. The van der Waals surface area contributed by atoms with Gasteiger partial charge in [-0.2, -0.15) is 0 Å². The zero-order valence-corrected chi connectivity index (χ0v) is 14.1. The Labute approximate surface area is 139 Å². The van der Waals surface area contributed by atoms with Crippen LogP contribution in [0.15, 0.2) is 41.6 Å². The number of H-pyrrole nitrogens is 1. The number of aromatic amines is 1. The molecule has 24 heavy (non-hydrogen) atoms. The van der Waals surface area contributed by atoms with E-state index in [4.69, 9.17) is 4.74 Å². The highest BCUT2D eigenvalue weighted by molar-refractivity contribution is 5.96. The molecule has 3 aromatic rings. The van der Waals surface area contributed by atoms with Crippen LogP contribution < -0.4 is 5.56 Å². The highest BCUT2D eigenvalue weighted by atomic mass is 16.6. The van der Waals surface area contributed by atoms with Gasteiger partial charge in [0.2, 0.25) is 0 Å². The van der Waals surface area contributed by atoms with Crippen LogP contribution in [0.5, 0.6) is 0 Å². The Kier molecular flexibility index (Phi) is 3.75. The first-order valence-electron chi connectivity index (χ1n) is 7.65. The number of hydrogen-bond acceptors (Lipinski definition) is 4. The Morgan fingerprint density at radius 1 is 1.25 bits per heavy atom. The molecule has 0 bridgehead atoms. The maximum atomic E-state index is 12.8. The Hall–Kier alpha value is -2.89. The zero-order valence-electron chi connectivity index (χ0n) is 14.1. The summed E-state index contributed by atoms with van der Waals surface area (Å²) in [5.74, 6) is 0. The second-order valence-electron chi connectivity index (χ2n) is 6.70. The smallest absolute Gasteiger partial charge is 0.419 e. The van der Waals surface area contributed by atoms with E-state index in [0.29, 0.717) is 16.8 Å². The van der Waals surface area contributed by atoms with Crippen molar-refractivity contribution in [1.29, 1.82) is 0 Å². The molecule has 0 unspecified atom stereocenters. The topological polar surface area (TPSA) is 77.0 Å². The van der Waals surface area contributed by atoms with E-state index in [1.807, 2.05) is 25.1 Å². The van der Waals surface area contributed by atoms with Crippen molar-refractivity contribution in [3.05, 3.63) is 52.7 Å². The summed E-state index contributed by atoms with van der Waals surface area (Å²) < 4.78 is 6.95. The Morgan fingerprint density at radius 3 is 2.67 bits per heavy atom. The molecule has 0 atom stereocenters. The van der Waals surface area contributed by atoms with Gasteiger partial charge in [-0.05, 0) is 45.4 Å². The number of hydrogen-bond donors (Lipinski definition) is 1. The summed E-state index contributed by atoms with van der Waals surface area (Å²) in [6.07, 6.45) is 2.23. The first kappa shape index (κ1) is 16.0. The fourth-order valence-corrected chi connectivity index (χ4v) is 2.54. The van der Waals surface area contributed by atoms with E-state index in [0.717, 1.165) is 10.9 Å². The summed E-state index contributed by atoms with van der Waals surface area (Å²) >= 11 is 0. The number of benzene rings is 1. The van der Waals surface area contributed by atoms with E-state index in [2.05, 4.69) is 9.97 Å².